The molecule has 0 bridgehead atoms. The molecule has 3 saturated carbocycles. The van der Waals surface area contributed by atoms with Crippen LogP contribution in [0.25, 0.3) is 0 Å². The summed E-state index contributed by atoms with van der Waals surface area (Å²) in [6, 6.07) is 0. The average molecular weight is 503 g/mol. The Balaban J connectivity index is 1.70. The van der Waals surface area contributed by atoms with Crippen molar-refractivity contribution in [2.75, 3.05) is 6.61 Å². The average Bonchev–Trinajstić information content (AvgIpc) is 3.16. The van der Waals surface area contributed by atoms with Crippen LogP contribution >= 0.6 is 0 Å². The second kappa shape index (κ2) is 11.7. The predicted octanol–water partition coefficient (Wildman–Crippen LogP) is 5.63. The lowest BCUT2D eigenvalue weighted by Gasteiger charge is -2.44. The molecule has 0 aliphatic heterocycles. The summed E-state index contributed by atoms with van der Waals surface area (Å²) in [6.07, 6.45) is 11.8. The number of ether oxygens (including phenoxy) is 2. The summed E-state index contributed by atoms with van der Waals surface area (Å²) < 4.78 is 10.2. The number of rotatable bonds is 7. The third kappa shape index (κ3) is 6.32. The highest BCUT2D eigenvalue weighted by molar-refractivity contribution is 5.60. The van der Waals surface area contributed by atoms with E-state index < -0.39 is 30.1 Å². The van der Waals surface area contributed by atoms with Crippen LogP contribution in [0.4, 0.5) is 4.79 Å². The van der Waals surface area contributed by atoms with Gasteiger partial charge in [-0.3, -0.25) is 0 Å². The molecule has 3 N–H and O–H groups in total. The summed E-state index contributed by atoms with van der Waals surface area (Å²) in [5.41, 5.74) is 2.24. The van der Waals surface area contributed by atoms with Crippen LogP contribution in [0, 0.1) is 23.2 Å². The highest BCUT2D eigenvalue weighted by atomic mass is 16.7. The highest BCUT2D eigenvalue weighted by Gasteiger charge is 2.50. The van der Waals surface area contributed by atoms with Crippen LogP contribution in [0.3, 0.4) is 0 Å². The molecular formula is C30H46O6. The molecule has 0 amide bonds. The summed E-state index contributed by atoms with van der Waals surface area (Å²) in [5.74, 6) is 1.27. The van der Waals surface area contributed by atoms with Gasteiger partial charge in [0, 0.05) is 6.42 Å². The van der Waals surface area contributed by atoms with Crippen molar-refractivity contribution in [3.63, 3.8) is 0 Å². The van der Waals surface area contributed by atoms with E-state index >= 15 is 0 Å². The molecule has 3 rings (SSSR count). The van der Waals surface area contributed by atoms with Crippen molar-refractivity contribution >= 4 is 6.16 Å². The first-order valence-corrected chi connectivity index (χ1v) is 13.6. The number of hydrogen-bond acceptors (Lipinski definition) is 6. The van der Waals surface area contributed by atoms with Crippen molar-refractivity contribution in [2.24, 2.45) is 23.2 Å². The molecule has 7 atom stereocenters. The molecule has 3 fully saturated rings. The second-order valence-electron chi connectivity index (χ2n) is 11.7. The summed E-state index contributed by atoms with van der Waals surface area (Å²) in [6.45, 7) is 14.0. The third-order valence-electron chi connectivity index (χ3n) is 8.85. The first-order chi connectivity index (χ1) is 16.9. The van der Waals surface area contributed by atoms with Crippen molar-refractivity contribution in [3.05, 3.63) is 47.6 Å². The van der Waals surface area contributed by atoms with E-state index in [1.54, 1.807) is 26.8 Å². The minimum atomic E-state index is -1.08. The first kappa shape index (κ1) is 28.7. The van der Waals surface area contributed by atoms with E-state index in [9.17, 15) is 20.1 Å². The zero-order valence-corrected chi connectivity index (χ0v) is 22.7. The lowest BCUT2D eigenvalue weighted by molar-refractivity contribution is -0.0658. The van der Waals surface area contributed by atoms with Crippen LogP contribution in [-0.4, -0.2) is 52.0 Å². The highest BCUT2D eigenvalue weighted by Crippen LogP contribution is 2.59. The SMILES string of the molecule is C=C1/C(=C\C=C2/CCC[C@]3(C)[C@@H]([C@H](C)/C=C/[C@H](O)C(C)(C)OC(=O)OCC)CC[C@@H]23)C[C@@H](O)C[C@@H]1O. The number of aliphatic hydroxyl groups excluding tert-OH is 3. The van der Waals surface area contributed by atoms with Gasteiger partial charge in [-0.05, 0) is 93.6 Å². The fourth-order valence-electron chi connectivity index (χ4n) is 6.68. The number of carbonyl (C=O) groups excluding carboxylic acids is 1. The molecule has 0 heterocycles. The van der Waals surface area contributed by atoms with Gasteiger partial charge in [0.2, 0.25) is 0 Å². The summed E-state index contributed by atoms with van der Waals surface area (Å²) in [7, 11) is 0. The van der Waals surface area contributed by atoms with E-state index in [0.717, 1.165) is 36.8 Å². The summed E-state index contributed by atoms with van der Waals surface area (Å²) in [4.78, 5) is 11.7. The standard InChI is InChI=1S/C30H46O6/c1-7-35-28(34)36-29(4,5)27(33)15-10-19(2)24-13-14-25-21(9-8-16-30(24,25)6)11-12-22-17-23(31)18-26(32)20(22)3/h10-12,15,19,23-27,31-33H,3,7-9,13-14,16-18H2,1-2,4-6H3/b15-10+,21-11+,22-12-/t19-,23-,24-,25+,26+,27+,30-/m1/s1. The number of allylic oxidation sites excluding steroid dienone is 4. The minimum absolute atomic E-state index is 0.177. The molecular weight excluding hydrogens is 456 g/mol. The van der Waals surface area contributed by atoms with Gasteiger partial charge in [0.25, 0.3) is 0 Å². The molecule has 202 valence electrons. The van der Waals surface area contributed by atoms with E-state index in [4.69, 9.17) is 9.47 Å². The van der Waals surface area contributed by atoms with E-state index in [2.05, 4.69) is 38.7 Å². The van der Waals surface area contributed by atoms with Gasteiger partial charge < -0.3 is 24.8 Å². The largest absolute Gasteiger partial charge is 0.508 e. The number of carbonyl (C=O) groups is 1. The van der Waals surface area contributed by atoms with Crippen LogP contribution in [0.1, 0.15) is 79.6 Å². The van der Waals surface area contributed by atoms with Gasteiger partial charge >= 0.3 is 6.16 Å². The topological polar surface area (TPSA) is 96.2 Å². The van der Waals surface area contributed by atoms with E-state index in [1.165, 1.54) is 12.0 Å². The lowest BCUT2D eigenvalue weighted by Crippen LogP contribution is -2.40. The van der Waals surface area contributed by atoms with Gasteiger partial charge in [-0.15, -0.1) is 0 Å². The van der Waals surface area contributed by atoms with Crippen molar-refractivity contribution in [2.45, 2.75) is 103 Å². The van der Waals surface area contributed by atoms with Gasteiger partial charge in [0.15, 0.2) is 0 Å². The molecule has 0 aromatic carbocycles. The van der Waals surface area contributed by atoms with Crippen LogP contribution in [0.5, 0.6) is 0 Å². The number of hydrogen-bond donors (Lipinski definition) is 3. The molecule has 0 aromatic heterocycles. The summed E-state index contributed by atoms with van der Waals surface area (Å²) in [5, 5.41) is 31.0. The molecule has 0 spiro atoms. The molecule has 3 aliphatic carbocycles. The first-order valence-electron chi connectivity index (χ1n) is 13.6. The normalized spacial score (nSPS) is 35.2. The zero-order valence-electron chi connectivity index (χ0n) is 22.7. The van der Waals surface area contributed by atoms with E-state index in [-0.39, 0.29) is 17.9 Å². The molecule has 0 aromatic rings. The quantitative estimate of drug-likeness (QED) is 0.308. The van der Waals surface area contributed by atoms with Crippen molar-refractivity contribution in [1.29, 1.82) is 0 Å². The Hall–Kier alpha value is -1.89. The molecule has 0 radical (unpaired) electrons. The monoisotopic (exact) mass is 502 g/mol. The van der Waals surface area contributed by atoms with Crippen molar-refractivity contribution < 1.29 is 29.6 Å². The zero-order chi connectivity index (χ0) is 26.7. The second-order valence-corrected chi connectivity index (χ2v) is 11.7. The maximum absolute atomic E-state index is 11.7. The van der Waals surface area contributed by atoms with Crippen LogP contribution in [0.2, 0.25) is 0 Å². The molecule has 6 heteroatoms. The Morgan fingerprint density at radius 3 is 2.67 bits per heavy atom. The molecule has 3 aliphatic rings. The van der Waals surface area contributed by atoms with Crippen molar-refractivity contribution in [1.82, 2.24) is 0 Å². The Bertz CT molecular complexity index is 899. The maximum Gasteiger partial charge on any atom is 0.508 e. The number of fused-ring (bicyclic) bond motifs is 1. The van der Waals surface area contributed by atoms with Gasteiger partial charge in [0.05, 0.1) is 18.8 Å². The maximum atomic E-state index is 11.7. The molecule has 36 heavy (non-hydrogen) atoms. The fourth-order valence-corrected chi connectivity index (χ4v) is 6.68. The minimum Gasteiger partial charge on any atom is -0.435 e. The van der Waals surface area contributed by atoms with Gasteiger partial charge in [-0.1, -0.05) is 50.3 Å². The Labute approximate surface area is 216 Å². The van der Waals surface area contributed by atoms with Crippen LogP contribution in [-0.2, 0) is 9.47 Å². The molecule has 0 unspecified atom stereocenters. The smallest absolute Gasteiger partial charge is 0.435 e. The molecule has 6 nitrogen and oxygen atoms in total. The van der Waals surface area contributed by atoms with Gasteiger partial charge in [-0.25, -0.2) is 4.79 Å². The lowest BCUT2D eigenvalue weighted by atomic mass is 9.61. The van der Waals surface area contributed by atoms with E-state index in [0.29, 0.717) is 24.7 Å². The van der Waals surface area contributed by atoms with Crippen molar-refractivity contribution in [3.8, 4) is 0 Å². The summed E-state index contributed by atoms with van der Waals surface area (Å²) >= 11 is 0. The Kier molecular flexibility index (Phi) is 9.29. The Morgan fingerprint density at radius 2 is 1.97 bits per heavy atom. The third-order valence-corrected chi connectivity index (χ3v) is 8.85. The fraction of sp³-hybridized carbons (Fsp3) is 0.700. The predicted molar refractivity (Wildman–Crippen MR) is 141 cm³/mol. The van der Waals surface area contributed by atoms with Gasteiger partial charge in [-0.2, -0.15) is 0 Å². The number of aliphatic hydroxyl groups is 3. The Morgan fingerprint density at radius 1 is 1.25 bits per heavy atom. The van der Waals surface area contributed by atoms with Crippen LogP contribution in [0.15, 0.2) is 47.6 Å². The molecule has 0 saturated heterocycles. The van der Waals surface area contributed by atoms with Crippen LogP contribution < -0.4 is 0 Å². The van der Waals surface area contributed by atoms with Gasteiger partial charge in [0.1, 0.15) is 11.7 Å². The van der Waals surface area contributed by atoms with E-state index in [1.807, 2.05) is 0 Å².